The smallest absolute Gasteiger partial charge is 0.326 e. The van der Waals surface area contributed by atoms with Gasteiger partial charge in [-0.3, -0.25) is 19.4 Å². The van der Waals surface area contributed by atoms with E-state index in [9.17, 15) is 36.7 Å². The van der Waals surface area contributed by atoms with Crippen molar-refractivity contribution in [2.45, 2.75) is 11.7 Å². The van der Waals surface area contributed by atoms with E-state index < -0.39 is 57.7 Å². The van der Waals surface area contributed by atoms with Gasteiger partial charge < -0.3 is 10.6 Å². The average Bonchev–Trinajstić information content (AvgIpc) is 3.03. The zero-order valence-corrected chi connectivity index (χ0v) is 16.8. The van der Waals surface area contributed by atoms with Gasteiger partial charge in [0.2, 0.25) is 0 Å². The van der Waals surface area contributed by atoms with E-state index in [2.05, 4.69) is 0 Å². The molecule has 3 aromatic rings. The lowest BCUT2D eigenvalue weighted by Crippen LogP contribution is -2.62. The van der Waals surface area contributed by atoms with Crippen molar-refractivity contribution in [3.63, 3.8) is 0 Å². The minimum Gasteiger partial charge on any atom is -0.326 e. The van der Waals surface area contributed by atoms with Crippen LogP contribution >= 0.6 is 11.6 Å². The Morgan fingerprint density at radius 3 is 2.27 bits per heavy atom. The van der Waals surface area contributed by atoms with Crippen LogP contribution in [-0.2, 0) is 10.3 Å². The molecule has 0 fully saturated rings. The summed E-state index contributed by atoms with van der Waals surface area (Å²) in [7, 11) is 0. The summed E-state index contributed by atoms with van der Waals surface area (Å²) in [5.74, 6) is -5.14. The maximum Gasteiger partial charge on any atom is 0.425 e. The van der Waals surface area contributed by atoms with Crippen molar-refractivity contribution < 1.29 is 27.2 Å². The lowest BCUT2D eigenvalue weighted by atomic mass is 9.91. The molecule has 0 aliphatic carbocycles. The average molecular weight is 483 g/mol. The van der Waals surface area contributed by atoms with E-state index in [4.69, 9.17) is 11.6 Å². The molecule has 0 radical (unpaired) electrons. The van der Waals surface area contributed by atoms with Gasteiger partial charge in [-0.2, -0.15) is 13.2 Å². The molecule has 2 amide bonds. The van der Waals surface area contributed by atoms with E-state index in [1.807, 2.05) is 5.32 Å². The fourth-order valence-corrected chi connectivity index (χ4v) is 3.61. The lowest BCUT2D eigenvalue weighted by molar-refractivity contribution is -0.196. The minimum absolute atomic E-state index is 0.200. The number of amides is 2. The highest BCUT2D eigenvalue weighted by Gasteiger charge is 2.68. The number of hydrogen-bond acceptors (Lipinski definition) is 4. The molecular weight excluding hydrogens is 472 g/mol. The second kappa shape index (κ2) is 7.59. The van der Waals surface area contributed by atoms with Crippen LogP contribution < -0.4 is 21.9 Å². The van der Waals surface area contributed by atoms with Crippen molar-refractivity contribution in [3.8, 4) is 5.69 Å². The highest BCUT2D eigenvalue weighted by molar-refractivity contribution is 6.30. The molecule has 13 heteroatoms. The second-order valence-electron chi connectivity index (χ2n) is 6.93. The normalized spacial score (nSPS) is 17.4. The Kier molecular flexibility index (Phi) is 5.12. The molecule has 33 heavy (non-hydrogen) atoms. The number of para-hydroxylation sites is 1. The summed E-state index contributed by atoms with van der Waals surface area (Å²) in [4.78, 5) is 52.0. The predicted octanol–water partition coefficient (Wildman–Crippen LogP) is 2.46. The molecule has 1 aromatic heterocycles. The SMILES string of the molecule is O=C(NC1(C(F)(F)F)C(=O)Nc2c1c(=O)[nH]c(=O)n2-c1ccccc1F)c1ccc(Cl)cc1. The summed E-state index contributed by atoms with van der Waals surface area (Å²) in [6.45, 7) is 0. The van der Waals surface area contributed by atoms with E-state index in [-0.39, 0.29) is 10.6 Å². The maximum absolute atomic E-state index is 14.4. The number of halogens is 5. The van der Waals surface area contributed by atoms with Crippen molar-refractivity contribution in [2.24, 2.45) is 0 Å². The van der Waals surface area contributed by atoms with Crippen molar-refractivity contribution >= 4 is 29.2 Å². The fourth-order valence-electron chi connectivity index (χ4n) is 3.48. The van der Waals surface area contributed by atoms with Crippen LogP contribution in [0.4, 0.5) is 23.4 Å². The molecule has 0 saturated carbocycles. The van der Waals surface area contributed by atoms with Gasteiger partial charge in [0.25, 0.3) is 22.9 Å². The van der Waals surface area contributed by atoms with Crippen LogP contribution in [0.15, 0.2) is 58.1 Å². The number of fused-ring (bicyclic) bond motifs is 1. The Morgan fingerprint density at radius 1 is 1.03 bits per heavy atom. The number of alkyl halides is 3. The highest BCUT2D eigenvalue weighted by atomic mass is 35.5. The van der Waals surface area contributed by atoms with Gasteiger partial charge in [-0.05, 0) is 36.4 Å². The molecule has 1 aliphatic rings. The van der Waals surface area contributed by atoms with Crippen LogP contribution in [0.2, 0.25) is 5.02 Å². The van der Waals surface area contributed by atoms with Gasteiger partial charge in [0.05, 0.1) is 5.69 Å². The molecule has 0 saturated heterocycles. The quantitative estimate of drug-likeness (QED) is 0.498. The third-order valence-corrected chi connectivity index (χ3v) is 5.24. The van der Waals surface area contributed by atoms with Gasteiger partial charge in [-0.15, -0.1) is 0 Å². The van der Waals surface area contributed by atoms with Crippen LogP contribution in [0.5, 0.6) is 0 Å². The maximum atomic E-state index is 14.4. The Labute approximate surface area is 185 Å². The predicted molar refractivity (Wildman–Crippen MR) is 108 cm³/mol. The van der Waals surface area contributed by atoms with Crippen molar-refractivity contribution in [3.05, 3.63) is 91.3 Å². The molecule has 0 bridgehead atoms. The van der Waals surface area contributed by atoms with Gasteiger partial charge in [-0.25, -0.2) is 13.8 Å². The first kappa shape index (κ1) is 22.3. The van der Waals surface area contributed by atoms with Crippen LogP contribution in [-0.4, -0.2) is 27.5 Å². The number of benzene rings is 2. The van der Waals surface area contributed by atoms with Crippen LogP contribution in [0.3, 0.4) is 0 Å². The summed E-state index contributed by atoms with van der Waals surface area (Å²) in [5.41, 5.74) is -8.89. The van der Waals surface area contributed by atoms with E-state index in [1.54, 1.807) is 10.3 Å². The zero-order valence-electron chi connectivity index (χ0n) is 16.1. The molecule has 1 atom stereocenters. The molecule has 1 aliphatic heterocycles. The fraction of sp³-hybridized carbons (Fsp3) is 0.100. The highest BCUT2D eigenvalue weighted by Crippen LogP contribution is 2.45. The Balaban J connectivity index is 1.99. The number of H-pyrrole nitrogens is 1. The molecule has 0 spiro atoms. The Bertz CT molecular complexity index is 1420. The Hall–Kier alpha value is -3.93. The first-order valence-corrected chi connectivity index (χ1v) is 9.46. The number of nitrogens with zero attached hydrogens (tertiary/aromatic N) is 1. The number of hydrogen-bond donors (Lipinski definition) is 3. The van der Waals surface area contributed by atoms with E-state index >= 15 is 0 Å². The number of anilines is 1. The molecule has 8 nitrogen and oxygen atoms in total. The zero-order chi connectivity index (χ0) is 24.1. The first-order valence-electron chi connectivity index (χ1n) is 9.08. The first-order chi connectivity index (χ1) is 15.5. The van der Waals surface area contributed by atoms with Gasteiger partial charge in [0.1, 0.15) is 17.2 Å². The third kappa shape index (κ3) is 3.39. The van der Waals surface area contributed by atoms with Gasteiger partial charge in [-0.1, -0.05) is 23.7 Å². The van der Waals surface area contributed by atoms with Crippen molar-refractivity contribution in [2.75, 3.05) is 5.32 Å². The van der Waals surface area contributed by atoms with Crippen LogP contribution in [0.1, 0.15) is 15.9 Å². The summed E-state index contributed by atoms with van der Waals surface area (Å²) in [6.07, 6.45) is -5.53. The topological polar surface area (TPSA) is 113 Å². The number of carbonyl (C=O) groups excluding carboxylic acids is 2. The molecule has 4 rings (SSSR count). The summed E-state index contributed by atoms with van der Waals surface area (Å²) in [6, 6.07) is 9.24. The number of aromatic nitrogens is 2. The molecule has 2 aromatic carbocycles. The van der Waals surface area contributed by atoms with Crippen LogP contribution in [0.25, 0.3) is 5.69 Å². The second-order valence-corrected chi connectivity index (χ2v) is 7.37. The molecule has 1 unspecified atom stereocenters. The number of aromatic amines is 1. The van der Waals surface area contributed by atoms with E-state index in [1.165, 1.54) is 24.3 Å². The number of rotatable bonds is 3. The Morgan fingerprint density at radius 2 is 1.67 bits per heavy atom. The summed E-state index contributed by atoms with van der Waals surface area (Å²) >= 11 is 5.72. The standard InChI is InChI=1S/C20H11ClF4N4O4/c21-10-7-5-9(6-8-10)15(30)28-19(20(23,24)25)13-14(26-17(19)32)29(18(33)27-16(13)31)12-4-2-1-3-11(12)22/h1-8H,(H,26,32)(H,28,30)(H,27,31,33). The molecule has 3 N–H and O–H groups in total. The van der Waals surface area contributed by atoms with Crippen molar-refractivity contribution in [1.29, 1.82) is 0 Å². The number of nitrogens with one attached hydrogen (secondary N) is 3. The van der Waals surface area contributed by atoms with E-state index in [0.29, 0.717) is 4.57 Å². The minimum atomic E-state index is -5.53. The third-order valence-electron chi connectivity index (χ3n) is 4.98. The number of carbonyl (C=O) groups is 2. The monoisotopic (exact) mass is 482 g/mol. The summed E-state index contributed by atoms with van der Waals surface area (Å²) < 4.78 is 57.8. The molecule has 170 valence electrons. The lowest BCUT2D eigenvalue weighted by Gasteiger charge is -2.30. The van der Waals surface area contributed by atoms with E-state index in [0.717, 1.165) is 24.3 Å². The van der Waals surface area contributed by atoms with Crippen LogP contribution in [0, 0.1) is 5.82 Å². The molecule has 2 heterocycles. The van der Waals surface area contributed by atoms with Gasteiger partial charge in [0.15, 0.2) is 0 Å². The largest absolute Gasteiger partial charge is 0.425 e. The van der Waals surface area contributed by atoms with Gasteiger partial charge >= 0.3 is 11.9 Å². The van der Waals surface area contributed by atoms with Crippen molar-refractivity contribution in [1.82, 2.24) is 14.9 Å². The van der Waals surface area contributed by atoms with Gasteiger partial charge in [0, 0.05) is 10.6 Å². The molecular formula is C20H11ClF4N4O4. The summed E-state index contributed by atoms with van der Waals surface area (Å²) in [5, 5.41) is 3.60.